The molecule has 2 rings (SSSR count). The molecule has 1 aliphatic heterocycles. The number of ether oxygens (including phenoxy) is 1. The van der Waals surface area contributed by atoms with Gasteiger partial charge in [-0.15, -0.1) is 0 Å². The van der Waals surface area contributed by atoms with Crippen LogP contribution in [0.5, 0.6) is 0 Å². The third kappa shape index (κ3) is 1.47. The Balaban J connectivity index is 2.37. The van der Waals surface area contributed by atoms with Gasteiger partial charge in [-0.1, -0.05) is 24.8 Å². The fraction of sp³-hybridized carbons (Fsp3) is 0.182. The number of hydrogen-bond acceptors (Lipinski definition) is 2. The molecule has 0 fully saturated rings. The standard InChI is InChI=1S/C11H11NO/c1-8-5-3-4-6-10(8)11-12-7-9(2)13-11/h3-6H,2,7H2,1H3. The lowest BCUT2D eigenvalue weighted by Crippen LogP contribution is -2.01. The minimum Gasteiger partial charge on any atom is -0.442 e. The van der Waals surface area contributed by atoms with Gasteiger partial charge in [0, 0.05) is 5.56 Å². The van der Waals surface area contributed by atoms with E-state index in [9.17, 15) is 0 Å². The Bertz CT molecular complexity index is 379. The van der Waals surface area contributed by atoms with Crippen LogP contribution in [0.15, 0.2) is 41.6 Å². The zero-order valence-electron chi connectivity index (χ0n) is 7.58. The van der Waals surface area contributed by atoms with Gasteiger partial charge in [-0.05, 0) is 18.6 Å². The first-order valence-corrected chi connectivity index (χ1v) is 4.23. The second kappa shape index (κ2) is 3.05. The second-order valence-corrected chi connectivity index (χ2v) is 3.08. The summed E-state index contributed by atoms with van der Waals surface area (Å²) < 4.78 is 5.38. The molecule has 0 aromatic heterocycles. The third-order valence-corrected chi connectivity index (χ3v) is 2.02. The summed E-state index contributed by atoms with van der Waals surface area (Å²) >= 11 is 0. The molecule has 1 aromatic rings. The van der Waals surface area contributed by atoms with Crippen LogP contribution in [0.4, 0.5) is 0 Å². The van der Waals surface area contributed by atoms with Crippen molar-refractivity contribution in [2.75, 3.05) is 6.54 Å². The van der Waals surface area contributed by atoms with Crippen molar-refractivity contribution in [3.8, 4) is 0 Å². The van der Waals surface area contributed by atoms with Gasteiger partial charge in [0.1, 0.15) is 12.3 Å². The Morgan fingerprint density at radius 1 is 1.38 bits per heavy atom. The van der Waals surface area contributed by atoms with Gasteiger partial charge in [-0.3, -0.25) is 0 Å². The molecular weight excluding hydrogens is 162 g/mol. The molecule has 66 valence electrons. The molecule has 13 heavy (non-hydrogen) atoms. The van der Waals surface area contributed by atoms with Crippen molar-refractivity contribution in [1.29, 1.82) is 0 Å². The molecule has 0 spiro atoms. The van der Waals surface area contributed by atoms with E-state index in [0.717, 1.165) is 11.3 Å². The minimum atomic E-state index is 0.587. The van der Waals surface area contributed by atoms with Crippen LogP contribution >= 0.6 is 0 Å². The van der Waals surface area contributed by atoms with Gasteiger partial charge in [0.25, 0.3) is 0 Å². The van der Waals surface area contributed by atoms with Gasteiger partial charge in [0.2, 0.25) is 5.90 Å². The zero-order valence-corrected chi connectivity index (χ0v) is 7.58. The lowest BCUT2D eigenvalue weighted by molar-refractivity contribution is 0.442. The Labute approximate surface area is 77.6 Å². The predicted molar refractivity (Wildman–Crippen MR) is 52.8 cm³/mol. The van der Waals surface area contributed by atoms with E-state index >= 15 is 0 Å². The topological polar surface area (TPSA) is 21.6 Å². The first-order chi connectivity index (χ1) is 6.27. The van der Waals surface area contributed by atoms with Crippen molar-refractivity contribution in [1.82, 2.24) is 0 Å². The first kappa shape index (κ1) is 8.05. The van der Waals surface area contributed by atoms with E-state index in [1.165, 1.54) is 5.56 Å². The molecule has 1 heterocycles. The van der Waals surface area contributed by atoms with Crippen LogP contribution in [-0.4, -0.2) is 12.4 Å². The summed E-state index contributed by atoms with van der Waals surface area (Å²) in [5.74, 6) is 1.42. The summed E-state index contributed by atoms with van der Waals surface area (Å²) in [5, 5.41) is 0. The summed E-state index contributed by atoms with van der Waals surface area (Å²) in [4.78, 5) is 4.24. The monoisotopic (exact) mass is 173 g/mol. The lowest BCUT2D eigenvalue weighted by Gasteiger charge is -2.04. The lowest BCUT2D eigenvalue weighted by atomic mass is 10.1. The number of aliphatic imine (C=N–C) groups is 1. The minimum absolute atomic E-state index is 0.587. The summed E-state index contributed by atoms with van der Waals surface area (Å²) in [6.45, 7) is 6.35. The molecular formula is C11H11NO. The van der Waals surface area contributed by atoms with E-state index in [2.05, 4.69) is 11.6 Å². The molecule has 0 saturated carbocycles. The van der Waals surface area contributed by atoms with E-state index in [1.54, 1.807) is 0 Å². The van der Waals surface area contributed by atoms with Crippen molar-refractivity contribution in [2.45, 2.75) is 6.92 Å². The van der Waals surface area contributed by atoms with E-state index in [4.69, 9.17) is 4.74 Å². The Hall–Kier alpha value is -1.57. The molecule has 0 bridgehead atoms. The van der Waals surface area contributed by atoms with E-state index in [0.29, 0.717) is 12.4 Å². The highest BCUT2D eigenvalue weighted by Crippen LogP contribution is 2.16. The normalized spacial score (nSPS) is 15.5. The van der Waals surface area contributed by atoms with Crippen LogP contribution in [0.2, 0.25) is 0 Å². The molecule has 0 radical (unpaired) electrons. The number of nitrogens with zero attached hydrogens (tertiary/aromatic N) is 1. The van der Waals surface area contributed by atoms with Gasteiger partial charge in [0.15, 0.2) is 0 Å². The number of aryl methyl sites for hydroxylation is 1. The maximum atomic E-state index is 5.38. The summed E-state index contributed by atoms with van der Waals surface area (Å²) in [5.41, 5.74) is 2.23. The van der Waals surface area contributed by atoms with Crippen molar-refractivity contribution < 1.29 is 4.74 Å². The highest BCUT2D eigenvalue weighted by atomic mass is 16.5. The molecule has 0 atom stereocenters. The van der Waals surface area contributed by atoms with Crippen LogP contribution in [-0.2, 0) is 4.74 Å². The van der Waals surface area contributed by atoms with Crippen LogP contribution in [0.1, 0.15) is 11.1 Å². The smallest absolute Gasteiger partial charge is 0.222 e. The quantitative estimate of drug-likeness (QED) is 0.638. The maximum absolute atomic E-state index is 5.38. The number of benzene rings is 1. The Morgan fingerprint density at radius 2 is 2.15 bits per heavy atom. The van der Waals surface area contributed by atoms with Crippen LogP contribution in [0, 0.1) is 6.92 Å². The molecule has 0 saturated heterocycles. The Morgan fingerprint density at radius 3 is 2.77 bits per heavy atom. The molecule has 1 aliphatic rings. The average molecular weight is 173 g/mol. The average Bonchev–Trinajstić information content (AvgIpc) is 2.53. The van der Waals surface area contributed by atoms with Crippen LogP contribution in [0.3, 0.4) is 0 Å². The summed E-state index contributed by atoms with van der Waals surface area (Å²) in [7, 11) is 0. The molecule has 2 heteroatoms. The van der Waals surface area contributed by atoms with E-state index in [1.807, 2.05) is 31.2 Å². The van der Waals surface area contributed by atoms with Crippen molar-refractivity contribution >= 4 is 5.90 Å². The predicted octanol–water partition coefficient (Wildman–Crippen LogP) is 2.29. The van der Waals surface area contributed by atoms with Gasteiger partial charge in [0.05, 0.1) is 0 Å². The maximum Gasteiger partial charge on any atom is 0.222 e. The van der Waals surface area contributed by atoms with Crippen molar-refractivity contribution in [3.63, 3.8) is 0 Å². The second-order valence-electron chi connectivity index (χ2n) is 3.08. The fourth-order valence-electron chi connectivity index (χ4n) is 1.31. The highest BCUT2D eigenvalue weighted by molar-refractivity contribution is 5.97. The van der Waals surface area contributed by atoms with Gasteiger partial charge in [-0.2, -0.15) is 0 Å². The highest BCUT2D eigenvalue weighted by Gasteiger charge is 2.14. The van der Waals surface area contributed by atoms with Crippen molar-refractivity contribution in [3.05, 3.63) is 47.7 Å². The summed E-state index contributed by atoms with van der Waals surface area (Å²) in [6, 6.07) is 8.04. The van der Waals surface area contributed by atoms with E-state index in [-0.39, 0.29) is 0 Å². The van der Waals surface area contributed by atoms with Gasteiger partial charge in [-0.25, -0.2) is 4.99 Å². The number of rotatable bonds is 1. The molecule has 1 aromatic carbocycles. The first-order valence-electron chi connectivity index (χ1n) is 4.23. The Kier molecular flexibility index (Phi) is 1.89. The van der Waals surface area contributed by atoms with Gasteiger partial charge >= 0.3 is 0 Å². The fourth-order valence-corrected chi connectivity index (χ4v) is 1.31. The molecule has 0 N–H and O–H groups in total. The largest absolute Gasteiger partial charge is 0.442 e. The van der Waals surface area contributed by atoms with Crippen LogP contribution < -0.4 is 0 Å². The SMILES string of the molecule is C=C1CN=C(c2ccccc2C)O1. The molecule has 0 amide bonds. The number of hydrogen-bond donors (Lipinski definition) is 0. The summed E-state index contributed by atoms with van der Waals surface area (Å²) in [6.07, 6.45) is 0. The molecule has 0 aliphatic carbocycles. The third-order valence-electron chi connectivity index (χ3n) is 2.02. The van der Waals surface area contributed by atoms with Crippen LogP contribution in [0.25, 0.3) is 0 Å². The molecule has 0 unspecified atom stereocenters. The zero-order chi connectivity index (χ0) is 9.26. The van der Waals surface area contributed by atoms with Gasteiger partial charge < -0.3 is 4.74 Å². The van der Waals surface area contributed by atoms with Crippen molar-refractivity contribution in [2.24, 2.45) is 4.99 Å². The molecule has 2 nitrogen and oxygen atoms in total. The van der Waals surface area contributed by atoms with E-state index < -0.39 is 0 Å².